The maximum Gasteiger partial charge on any atom is 0.330 e. The summed E-state index contributed by atoms with van der Waals surface area (Å²) < 4.78 is 5.23. The summed E-state index contributed by atoms with van der Waals surface area (Å²) in [6.45, 7) is 5.91. The van der Waals surface area contributed by atoms with Crippen LogP contribution in [0.5, 0.6) is 0 Å². The van der Waals surface area contributed by atoms with Crippen LogP contribution in [0.15, 0.2) is 0 Å². The first-order chi connectivity index (χ1) is 6.41. The number of esters is 1. The molecule has 0 aromatic heterocycles. The highest BCUT2D eigenvalue weighted by molar-refractivity contribution is 5.90. The molecule has 0 N–H and O–H groups in total. The third-order valence-corrected chi connectivity index (χ3v) is 2.75. The third-order valence-electron chi connectivity index (χ3n) is 2.75. The van der Waals surface area contributed by atoms with Crippen molar-refractivity contribution in [3.05, 3.63) is 0 Å². The lowest BCUT2D eigenvalue weighted by molar-refractivity contribution is -0.151. The smallest absolute Gasteiger partial charge is 0.330 e. The highest BCUT2D eigenvalue weighted by atomic mass is 16.6. The highest BCUT2D eigenvalue weighted by Gasteiger charge is 2.52. The fourth-order valence-electron chi connectivity index (χ4n) is 2.07. The highest BCUT2D eigenvalue weighted by Crippen LogP contribution is 2.37. The second-order valence-corrected chi connectivity index (χ2v) is 5.01. The van der Waals surface area contributed by atoms with Crippen LogP contribution in [0.1, 0.15) is 33.6 Å². The van der Waals surface area contributed by atoms with E-state index in [1.807, 2.05) is 20.8 Å². The summed E-state index contributed by atoms with van der Waals surface area (Å²) in [6.07, 6.45) is 0.714. The van der Waals surface area contributed by atoms with Crippen molar-refractivity contribution in [1.29, 1.82) is 0 Å². The van der Waals surface area contributed by atoms with Crippen molar-refractivity contribution in [3.63, 3.8) is 0 Å². The van der Waals surface area contributed by atoms with Gasteiger partial charge in [0.1, 0.15) is 6.04 Å². The molecule has 4 heteroatoms. The zero-order valence-electron chi connectivity index (χ0n) is 8.74. The predicted octanol–water partition coefficient (Wildman–Crippen LogP) is 0.906. The average Bonchev–Trinajstić information content (AvgIpc) is 2.54. The molecule has 0 saturated carbocycles. The largest absolute Gasteiger partial charge is 0.439 e. The maximum absolute atomic E-state index is 11.6. The van der Waals surface area contributed by atoms with E-state index in [1.54, 1.807) is 4.90 Å². The SMILES string of the molecule is CC(C)(C)[C@@H]1OC(=O)[C@H]2CCC(=O)N21. The number of cyclic esters (lactones) is 1. The average molecular weight is 197 g/mol. The molecular formula is C10H15NO3. The molecule has 0 radical (unpaired) electrons. The van der Waals surface area contributed by atoms with Gasteiger partial charge in [0.2, 0.25) is 5.91 Å². The third kappa shape index (κ3) is 1.21. The lowest BCUT2D eigenvalue weighted by atomic mass is 9.93. The Hall–Kier alpha value is -1.06. The van der Waals surface area contributed by atoms with Crippen molar-refractivity contribution in [2.45, 2.75) is 45.9 Å². The van der Waals surface area contributed by atoms with Crippen LogP contribution >= 0.6 is 0 Å². The summed E-state index contributed by atoms with van der Waals surface area (Å²) in [5.41, 5.74) is -0.204. The Labute approximate surface area is 83.2 Å². The molecule has 0 bridgehead atoms. The topological polar surface area (TPSA) is 46.6 Å². The zero-order chi connectivity index (χ0) is 10.5. The lowest BCUT2D eigenvalue weighted by Gasteiger charge is -2.31. The van der Waals surface area contributed by atoms with Gasteiger partial charge in [0.05, 0.1) is 0 Å². The van der Waals surface area contributed by atoms with Gasteiger partial charge in [-0.2, -0.15) is 0 Å². The number of hydrogen-bond acceptors (Lipinski definition) is 3. The molecule has 14 heavy (non-hydrogen) atoms. The molecule has 2 saturated heterocycles. The molecule has 4 nitrogen and oxygen atoms in total. The Morgan fingerprint density at radius 2 is 2.00 bits per heavy atom. The quantitative estimate of drug-likeness (QED) is 0.542. The molecule has 0 aromatic rings. The summed E-state index contributed by atoms with van der Waals surface area (Å²) in [5.74, 6) is -0.198. The molecule has 0 unspecified atom stereocenters. The van der Waals surface area contributed by atoms with Crippen molar-refractivity contribution in [2.75, 3.05) is 0 Å². The molecule has 2 rings (SSSR count). The minimum Gasteiger partial charge on any atom is -0.439 e. The van der Waals surface area contributed by atoms with Crippen LogP contribution in [0, 0.1) is 5.41 Å². The molecule has 2 aliphatic heterocycles. The van der Waals surface area contributed by atoms with Crippen LogP contribution in [-0.4, -0.2) is 29.0 Å². The Morgan fingerprint density at radius 1 is 1.36 bits per heavy atom. The van der Waals surface area contributed by atoms with Crippen molar-refractivity contribution in [2.24, 2.45) is 5.41 Å². The summed E-state index contributed by atoms with van der Waals surface area (Å²) >= 11 is 0. The maximum atomic E-state index is 11.6. The van der Waals surface area contributed by atoms with Gasteiger partial charge in [-0.3, -0.25) is 9.69 Å². The van der Waals surface area contributed by atoms with E-state index in [4.69, 9.17) is 4.74 Å². The van der Waals surface area contributed by atoms with Crippen LogP contribution < -0.4 is 0 Å². The van der Waals surface area contributed by atoms with E-state index in [9.17, 15) is 9.59 Å². The van der Waals surface area contributed by atoms with E-state index >= 15 is 0 Å². The van der Waals surface area contributed by atoms with Crippen molar-refractivity contribution in [3.8, 4) is 0 Å². The van der Waals surface area contributed by atoms with Gasteiger partial charge in [-0.1, -0.05) is 20.8 Å². The lowest BCUT2D eigenvalue weighted by Crippen LogP contribution is -2.43. The standard InChI is InChI=1S/C10H15NO3/c1-10(2,3)9-11-6(8(13)14-9)4-5-7(11)12/h6,9H,4-5H2,1-3H3/t6-,9+/m1/s1. The minimum absolute atomic E-state index is 0.0424. The van der Waals surface area contributed by atoms with Gasteiger partial charge in [-0.25, -0.2) is 4.79 Å². The van der Waals surface area contributed by atoms with E-state index in [0.29, 0.717) is 12.8 Å². The minimum atomic E-state index is -0.380. The van der Waals surface area contributed by atoms with Gasteiger partial charge in [-0.15, -0.1) is 0 Å². The molecule has 2 heterocycles. The van der Waals surface area contributed by atoms with Gasteiger partial charge in [-0.05, 0) is 6.42 Å². The van der Waals surface area contributed by atoms with Crippen molar-refractivity contribution in [1.82, 2.24) is 4.90 Å². The Balaban J connectivity index is 2.29. The van der Waals surface area contributed by atoms with E-state index in [2.05, 4.69) is 0 Å². The van der Waals surface area contributed by atoms with Gasteiger partial charge >= 0.3 is 5.97 Å². The van der Waals surface area contributed by atoms with Crippen molar-refractivity contribution < 1.29 is 14.3 Å². The van der Waals surface area contributed by atoms with Crippen molar-refractivity contribution >= 4 is 11.9 Å². The summed E-state index contributed by atoms with van der Waals surface area (Å²) in [6, 6.07) is -0.313. The Morgan fingerprint density at radius 3 is 2.57 bits per heavy atom. The van der Waals surface area contributed by atoms with Crippen LogP contribution in [0.25, 0.3) is 0 Å². The fourth-order valence-corrected chi connectivity index (χ4v) is 2.07. The predicted molar refractivity (Wildman–Crippen MR) is 49.2 cm³/mol. The second-order valence-electron chi connectivity index (χ2n) is 5.01. The number of carbonyl (C=O) groups excluding carboxylic acids is 2. The van der Waals surface area contributed by atoms with E-state index in [0.717, 1.165) is 0 Å². The molecular weight excluding hydrogens is 182 g/mol. The second kappa shape index (κ2) is 2.72. The Bertz CT molecular complexity index is 290. The number of fused-ring (bicyclic) bond motifs is 1. The first kappa shape index (κ1) is 9.49. The van der Waals surface area contributed by atoms with E-state index in [-0.39, 0.29) is 29.6 Å². The molecule has 0 aromatic carbocycles. The molecule has 2 aliphatic rings. The number of ether oxygens (including phenoxy) is 1. The number of amides is 1. The first-order valence-electron chi connectivity index (χ1n) is 4.93. The van der Waals surface area contributed by atoms with Gasteiger partial charge < -0.3 is 4.74 Å². The number of hydrogen-bond donors (Lipinski definition) is 0. The first-order valence-corrected chi connectivity index (χ1v) is 4.93. The van der Waals surface area contributed by atoms with Gasteiger partial charge in [0, 0.05) is 11.8 Å². The van der Waals surface area contributed by atoms with Crippen LogP contribution in [0.4, 0.5) is 0 Å². The molecule has 78 valence electrons. The zero-order valence-corrected chi connectivity index (χ0v) is 8.74. The van der Waals surface area contributed by atoms with E-state index in [1.165, 1.54) is 0 Å². The molecule has 2 fully saturated rings. The van der Waals surface area contributed by atoms with Crippen LogP contribution in [0.3, 0.4) is 0 Å². The molecule has 2 atom stereocenters. The normalized spacial score (nSPS) is 32.1. The van der Waals surface area contributed by atoms with Gasteiger partial charge in [0.25, 0.3) is 0 Å². The monoisotopic (exact) mass is 197 g/mol. The van der Waals surface area contributed by atoms with Crippen LogP contribution in [-0.2, 0) is 14.3 Å². The van der Waals surface area contributed by atoms with Gasteiger partial charge in [0.15, 0.2) is 6.23 Å². The molecule has 0 aliphatic carbocycles. The molecule has 1 amide bonds. The Kier molecular flexibility index (Phi) is 1.84. The van der Waals surface area contributed by atoms with E-state index < -0.39 is 0 Å². The number of nitrogens with zero attached hydrogens (tertiary/aromatic N) is 1. The molecule has 0 spiro atoms. The summed E-state index contributed by atoms with van der Waals surface area (Å²) in [4.78, 5) is 24.6. The summed E-state index contributed by atoms with van der Waals surface area (Å²) in [5, 5.41) is 0. The number of rotatable bonds is 0. The number of carbonyl (C=O) groups is 2. The fraction of sp³-hybridized carbons (Fsp3) is 0.800. The summed E-state index contributed by atoms with van der Waals surface area (Å²) in [7, 11) is 0. The van der Waals surface area contributed by atoms with Crippen LogP contribution in [0.2, 0.25) is 0 Å².